The molecule has 1 aliphatic rings. The summed E-state index contributed by atoms with van der Waals surface area (Å²) in [6.45, 7) is 0. The number of benzene rings is 2. The normalized spacial score (nSPS) is 13.6. The van der Waals surface area contributed by atoms with Crippen LogP contribution in [-0.2, 0) is 14.1 Å². The Balaban J connectivity index is 1.69. The Morgan fingerprint density at radius 3 is 2.41 bits per heavy atom. The number of hydrogen-bond donors (Lipinski definition) is 1. The molecule has 0 amide bonds. The lowest BCUT2D eigenvalue weighted by Gasteiger charge is -2.18. The zero-order valence-electron chi connectivity index (χ0n) is 18.9. The topological polar surface area (TPSA) is 83.0 Å². The molecule has 8 heteroatoms. The Bertz CT molecular complexity index is 1770. The molecule has 8 nitrogen and oxygen atoms in total. The van der Waals surface area contributed by atoms with E-state index in [1.54, 1.807) is 19.2 Å². The summed E-state index contributed by atoms with van der Waals surface area (Å²) in [5.41, 5.74) is 1.90. The molecule has 1 N–H and O–H groups in total. The summed E-state index contributed by atoms with van der Waals surface area (Å²) >= 11 is 0. The Morgan fingerprint density at radius 2 is 1.68 bits per heavy atom. The number of pyridine rings is 1. The van der Waals surface area contributed by atoms with Gasteiger partial charge in [-0.2, -0.15) is 0 Å². The highest BCUT2D eigenvalue weighted by atomic mass is 16.2. The van der Waals surface area contributed by atoms with Crippen molar-refractivity contribution in [2.75, 3.05) is 5.32 Å². The molecule has 34 heavy (non-hydrogen) atoms. The van der Waals surface area contributed by atoms with Gasteiger partial charge in [0.1, 0.15) is 11.0 Å². The average molecular weight is 454 g/mol. The number of hydrogen-bond acceptors (Lipinski definition) is 4. The van der Waals surface area contributed by atoms with Crippen molar-refractivity contribution >= 4 is 33.3 Å². The average Bonchev–Trinajstić information content (AvgIpc) is 3.60. The van der Waals surface area contributed by atoms with E-state index >= 15 is 0 Å². The summed E-state index contributed by atoms with van der Waals surface area (Å²) in [7, 11) is 3.55. The van der Waals surface area contributed by atoms with Gasteiger partial charge >= 0.3 is 5.69 Å². The lowest BCUT2D eigenvalue weighted by Crippen LogP contribution is -2.41. The van der Waals surface area contributed by atoms with Crippen LogP contribution >= 0.6 is 0 Å². The zero-order chi connectivity index (χ0) is 23.6. The highest BCUT2D eigenvalue weighted by Crippen LogP contribution is 2.33. The molecule has 0 spiro atoms. The van der Waals surface area contributed by atoms with Gasteiger partial charge in [0.25, 0.3) is 11.1 Å². The predicted molar refractivity (Wildman–Crippen MR) is 134 cm³/mol. The number of nitrogens with one attached hydrogen (secondary N) is 1. The van der Waals surface area contributed by atoms with Crippen LogP contribution in [0.3, 0.4) is 0 Å². The van der Waals surface area contributed by atoms with Gasteiger partial charge < -0.3 is 9.88 Å². The van der Waals surface area contributed by atoms with Crippen molar-refractivity contribution in [2.45, 2.75) is 18.9 Å². The van der Waals surface area contributed by atoms with Gasteiger partial charge in [0, 0.05) is 43.6 Å². The first-order chi connectivity index (χ1) is 16.4. The summed E-state index contributed by atoms with van der Waals surface area (Å²) in [5, 5.41) is 4.70. The summed E-state index contributed by atoms with van der Waals surface area (Å²) in [4.78, 5) is 40.3. The largest absolute Gasteiger partial charge is 0.355 e. The standard InChI is InChI=1S/C26H23N5O3/c1-28-13-12-16-8-9-17(14-21(16)28)27-20-15-22(32)29(2)24-23(20)25(33)31(19-10-11-19)26(34)30(24)18-6-4-3-5-7-18/h3-9,12-15,19,27H,10-11H2,1-2H3. The molecular weight excluding hydrogens is 430 g/mol. The summed E-state index contributed by atoms with van der Waals surface area (Å²) in [5.74, 6) is 0. The van der Waals surface area contributed by atoms with E-state index in [1.807, 2.05) is 60.3 Å². The molecule has 1 saturated carbocycles. The maximum atomic E-state index is 13.7. The van der Waals surface area contributed by atoms with Crippen LogP contribution in [0.25, 0.3) is 27.6 Å². The lowest BCUT2D eigenvalue weighted by molar-refractivity contribution is 0.637. The van der Waals surface area contributed by atoms with Crippen molar-refractivity contribution < 1.29 is 0 Å². The molecule has 0 bridgehead atoms. The number of para-hydroxylation sites is 1. The number of nitrogens with zero attached hydrogens (tertiary/aromatic N) is 4. The van der Waals surface area contributed by atoms with Crippen molar-refractivity contribution in [3.05, 3.63) is 98.1 Å². The third-order valence-corrected chi connectivity index (χ3v) is 6.54. The maximum Gasteiger partial charge on any atom is 0.337 e. The Kier molecular flexibility index (Phi) is 4.38. The number of rotatable bonds is 4. The van der Waals surface area contributed by atoms with E-state index in [4.69, 9.17) is 0 Å². The SMILES string of the molecule is Cn1ccc2ccc(Nc3cc(=O)n(C)c4c3c(=O)n(C3CC3)c(=O)n4-c3ccccc3)cc21. The minimum atomic E-state index is -0.427. The zero-order valence-corrected chi connectivity index (χ0v) is 18.9. The van der Waals surface area contributed by atoms with Crippen molar-refractivity contribution in [3.63, 3.8) is 0 Å². The fraction of sp³-hybridized carbons (Fsp3) is 0.192. The van der Waals surface area contributed by atoms with Crippen LogP contribution in [0.15, 0.2) is 81.2 Å². The molecule has 170 valence electrons. The minimum Gasteiger partial charge on any atom is -0.355 e. The van der Waals surface area contributed by atoms with E-state index in [-0.39, 0.29) is 22.8 Å². The van der Waals surface area contributed by atoms with Crippen LogP contribution in [0.5, 0.6) is 0 Å². The Labute approximate surface area is 193 Å². The van der Waals surface area contributed by atoms with E-state index in [9.17, 15) is 14.4 Å². The van der Waals surface area contributed by atoms with Crippen LogP contribution in [0.4, 0.5) is 11.4 Å². The fourth-order valence-electron chi connectivity index (χ4n) is 4.62. The van der Waals surface area contributed by atoms with Crippen molar-refractivity contribution in [1.82, 2.24) is 18.3 Å². The van der Waals surface area contributed by atoms with Crippen molar-refractivity contribution in [2.24, 2.45) is 14.1 Å². The maximum absolute atomic E-state index is 13.7. The predicted octanol–water partition coefficient (Wildman–Crippen LogP) is 3.42. The van der Waals surface area contributed by atoms with Crippen LogP contribution in [0, 0.1) is 0 Å². The summed E-state index contributed by atoms with van der Waals surface area (Å²) < 4.78 is 6.19. The molecular formula is C26H23N5O3. The summed E-state index contributed by atoms with van der Waals surface area (Å²) in [6, 6.07) is 18.3. The molecule has 0 radical (unpaired) electrons. The van der Waals surface area contributed by atoms with Crippen molar-refractivity contribution in [1.29, 1.82) is 0 Å². The van der Waals surface area contributed by atoms with Gasteiger partial charge in [-0.05, 0) is 48.6 Å². The second-order valence-corrected chi connectivity index (χ2v) is 8.84. The van der Waals surface area contributed by atoms with Gasteiger partial charge in [-0.25, -0.2) is 9.36 Å². The van der Waals surface area contributed by atoms with E-state index < -0.39 is 5.69 Å². The fourth-order valence-corrected chi connectivity index (χ4v) is 4.62. The molecule has 3 heterocycles. The number of aryl methyl sites for hydroxylation is 2. The first-order valence-corrected chi connectivity index (χ1v) is 11.2. The van der Waals surface area contributed by atoms with Gasteiger partial charge in [0.2, 0.25) is 0 Å². The highest BCUT2D eigenvalue weighted by molar-refractivity contribution is 5.93. The monoisotopic (exact) mass is 453 g/mol. The van der Waals surface area contributed by atoms with Gasteiger partial charge in [-0.3, -0.25) is 18.7 Å². The molecule has 0 saturated heterocycles. The lowest BCUT2D eigenvalue weighted by atomic mass is 10.2. The molecule has 0 unspecified atom stereocenters. The third kappa shape index (κ3) is 3.02. The number of anilines is 2. The first kappa shape index (κ1) is 20.3. The number of fused-ring (bicyclic) bond motifs is 2. The van der Waals surface area contributed by atoms with Crippen molar-refractivity contribution in [3.8, 4) is 5.69 Å². The van der Waals surface area contributed by atoms with E-state index in [2.05, 4.69) is 5.32 Å². The first-order valence-electron chi connectivity index (χ1n) is 11.2. The molecule has 1 aliphatic carbocycles. The second kappa shape index (κ2) is 7.34. The molecule has 3 aromatic heterocycles. The van der Waals surface area contributed by atoms with Gasteiger partial charge in [-0.1, -0.05) is 24.3 Å². The summed E-state index contributed by atoms with van der Waals surface area (Å²) in [6.07, 6.45) is 3.55. The number of aromatic nitrogens is 4. The second-order valence-electron chi connectivity index (χ2n) is 8.84. The van der Waals surface area contributed by atoms with E-state index in [0.717, 1.165) is 29.4 Å². The Morgan fingerprint density at radius 1 is 0.912 bits per heavy atom. The molecule has 0 aliphatic heterocycles. The molecule has 5 aromatic rings. The molecule has 1 fully saturated rings. The molecule has 6 rings (SSSR count). The molecule has 2 aromatic carbocycles. The van der Waals surface area contributed by atoms with Crippen LogP contribution in [0.2, 0.25) is 0 Å². The minimum absolute atomic E-state index is 0.121. The van der Waals surface area contributed by atoms with Crippen LogP contribution in [0.1, 0.15) is 18.9 Å². The van der Waals surface area contributed by atoms with Gasteiger partial charge in [0.15, 0.2) is 0 Å². The van der Waals surface area contributed by atoms with Gasteiger partial charge in [0.05, 0.1) is 11.4 Å². The van der Waals surface area contributed by atoms with E-state index in [0.29, 0.717) is 16.8 Å². The quantitative estimate of drug-likeness (QED) is 0.452. The Hall–Kier alpha value is -4.33. The van der Waals surface area contributed by atoms with E-state index in [1.165, 1.54) is 19.8 Å². The van der Waals surface area contributed by atoms with Crippen LogP contribution in [-0.4, -0.2) is 18.3 Å². The third-order valence-electron chi connectivity index (χ3n) is 6.54. The van der Waals surface area contributed by atoms with Gasteiger partial charge in [-0.15, -0.1) is 0 Å². The molecule has 0 atom stereocenters. The smallest absolute Gasteiger partial charge is 0.337 e. The highest BCUT2D eigenvalue weighted by Gasteiger charge is 2.30. The van der Waals surface area contributed by atoms with Crippen LogP contribution < -0.4 is 22.1 Å².